The number of carbonyl (C=O) groups excluding carboxylic acids is 1. The fourth-order valence-corrected chi connectivity index (χ4v) is 2.00. The SMILES string of the molecule is COc1cc(C(=O)c2ccc(F)cc2C)ccc1C. The number of aryl methyl sites for hydroxylation is 2. The molecule has 0 amide bonds. The Balaban J connectivity index is 2.44. The van der Waals surface area contributed by atoms with Crippen LogP contribution in [0.2, 0.25) is 0 Å². The van der Waals surface area contributed by atoms with Gasteiger partial charge in [0.2, 0.25) is 0 Å². The summed E-state index contributed by atoms with van der Waals surface area (Å²) in [4.78, 5) is 12.4. The summed E-state index contributed by atoms with van der Waals surface area (Å²) in [5.41, 5.74) is 2.64. The third-order valence-corrected chi connectivity index (χ3v) is 3.10. The molecular weight excluding hydrogens is 243 g/mol. The molecule has 2 aromatic rings. The molecule has 0 atom stereocenters. The lowest BCUT2D eigenvalue weighted by Crippen LogP contribution is -2.04. The van der Waals surface area contributed by atoms with Gasteiger partial charge >= 0.3 is 0 Å². The third kappa shape index (κ3) is 2.65. The molecule has 3 heteroatoms. The smallest absolute Gasteiger partial charge is 0.193 e. The molecule has 2 nitrogen and oxygen atoms in total. The van der Waals surface area contributed by atoms with Crippen molar-refractivity contribution in [2.45, 2.75) is 13.8 Å². The van der Waals surface area contributed by atoms with Crippen molar-refractivity contribution in [2.24, 2.45) is 0 Å². The molecule has 0 heterocycles. The number of rotatable bonds is 3. The molecule has 98 valence electrons. The maximum Gasteiger partial charge on any atom is 0.193 e. The Hall–Kier alpha value is -2.16. The molecular formula is C16H15FO2. The van der Waals surface area contributed by atoms with E-state index in [4.69, 9.17) is 4.74 Å². The molecule has 0 fully saturated rings. The van der Waals surface area contributed by atoms with E-state index in [0.29, 0.717) is 22.4 Å². The van der Waals surface area contributed by atoms with Crippen molar-refractivity contribution in [1.29, 1.82) is 0 Å². The summed E-state index contributed by atoms with van der Waals surface area (Å²) < 4.78 is 18.3. The minimum Gasteiger partial charge on any atom is -0.496 e. The Kier molecular flexibility index (Phi) is 3.65. The number of hydrogen-bond acceptors (Lipinski definition) is 2. The molecule has 0 saturated carbocycles. The van der Waals surface area contributed by atoms with Gasteiger partial charge in [0.15, 0.2) is 5.78 Å². The van der Waals surface area contributed by atoms with Gasteiger partial charge in [0.05, 0.1) is 7.11 Å². The van der Waals surface area contributed by atoms with Crippen LogP contribution in [-0.2, 0) is 0 Å². The minimum absolute atomic E-state index is 0.129. The van der Waals surface area contributed by atoms with E-state index in [1.807, 2.05) is 13.0 Å². The number of benzene rings is 2. The summed E-state index contributed by atoms with van der Waals surface area (Å²) in [6.07, 6.45) is 0. The van der Waals surface area contributed by atoms with Crippen molar-refractivity contribution in [3.05, 3.63) is 64.5 Å². The average Bonchev–Trinajstić information content (AvgIpc) is 2.38. The molecule has 0 aromatic heterocycles. The van der Waals surface area contributed by atoms with E-state index < -0.39 is 0 Å². The van der Waals surface area contributed by atoms with Gasteiger partial charge in [0.25, 0.3) is 0 Å². The monoisotopic (exact) mass is 258 g/mol. The van der Waals surface area contributed by atoms with Gasteiger partial charge in [-0.2, -0.15) is 0 Å². The van der Waals surface area contributed by atoms with Crippen LogP contribution in [0.1, 0.15) is 27.0 Å². The predicted octanol–water partition coefficient (Wildman–Crippen LogP) is 3.68. The minimum atomic E-state index is -0.337. The van der Waals surface area contributed by atoms with Crippen molar-refractivity contribution in [1.82, 2.24) is 0 Å². The van der Waals surface area contributed by atoms with Crippen LogP contribution in [0.15, 0.2) is 36.4 Å². The van der Waals surface area contributed by atoms with Crippen LogP contribution in [0.4, 0.5) is 4.39 Å². The van der Waals surface area contributed by atoms with E-state index >= 15 is 0 Å². The number of halogens is 1. The lowest BCUT2D eigenvalue weighted by atomic mass is 9.98. The summed E-state index contributed by atoms with van der Waals surface area (Å²) in [7, 11) is 1.57. The summed E-state index contributed by atoms with van der Waals surface area (Å²) in [6, 6.07) is 9.47. The van der Waals surface area contributed by atoms with E-state index in [9.17, 15) is 9.18 Å². The number of carbonyl (C=O) groups is 1. The highest BCUT2D eigenvalue weighted by Gasteiger charge is 2.13. The van der Waals surface area contributed by atoms with Crippen LogP contribution in [0.5, 0.6) is 5.75 Å². The fourth-order valence-electron chi connectivity index (χ4n) is 2.00. The number of ether oxygens (including phenoxy) is 1. The molecule has 0 saturated heterocycles. The second-order valence-corrected chi connectivity index (χ2v) is 4.47. The Labute approximate surface area is 111 Å². The topological polar surface area (TPSA) is 26.3 Å². The second-order valence-electron chi connectivity index (χ2n) is 4.47. The highest BCUT2D eigenvalue weighted by molar-refractivity contribution is 6.10. The van der Waals surface area contributed by atoms with Gasteiger partial charge in [0.1, 0.15) is 11.6 Å². The molecule has 0 N–H and O–H groups in total. The maximum absolute atomic E-state index is 13.1. The summed E-state index contributed by atoms with van der Waals surface area (Å²) in [6.45, 7) is 3.64. The second kappa shape index (κ2) is 5.22. The average molecular weight is 258 g/mol. The van der Waals surface area contributed by atoms with Crippen molar-refractivity contribution >= 4 is 5.78 Å². The predicted molar refractivity (Wildman–Crippen MR) is 72.3 cm³/mol. The molecule has 19 heavy (non-hydrogen) atoms. The molecule has 0 radical (unpaired) electrons. The van der Waals surface area contributed by atoms with Gasteiger partial charge in [0, 0.05) is 11.1 Å². The van der Waals surface area contributed by atoms with Gasteiger partial charge < -0.3 is 4.74 Å². The molecule has 0 bridgehead atoms. The normalized spacial score (nSPS) is 10.3. The molecule has 0 aliphatic rings. The van der Waals surface area contributed by atoms with Crippen LogP contribution in [0.3, 0.4) is 0 Å². The van der Waals surface area contributed by atoms with E-state index in [0.717, 1.165) is 5.56 Å². The van der Waals surface area contributed by atoms with Crippen LogP contribution in [-0.4, -0.2) is 12.9 Å². The zero-order valence-corrected chi connectivity index (χ0v) is 11.2. The largest absolute Gasteiger partial charge is 0.496 e. The van der Waals surface area contributed by atoms with Crippen molar-refractivity contribution in [3.8, 4) is 5.75 Å². The highest BCUT2D eigenvalue weighted by Crippen LogP contribution is 2.22. The molecule has 2 aromatic carbocycles. The first-order chi connectivity index (χ1) is 9.02. The van der Waals surface area contributed by atoms with Crippen LogP contribution in [0.25, 0.3) is 0 Å². The van der Waals surface area contributed by atoms with Crippen LogP contribution < -0.4 is 4.74 Å². The first-order valence-corrected chi connectivity index (χ1v) is 5.98. The Bertz CT molecular complexity index is 633. The Morgan fingerprint density at radius 1 is 1.05 bits per heavy atom. The number of ketones is 1. The van der Waals surface area contributed by atoms with Gasteiger partial charge in [-0.25, -0.2) is 4.39 Å². The zero-order valence-electron chi connectivity index (χ0n) is 11.2. The maximum atomic E-state index is 13.1. The number of methoxy groups -OCH3 is 1. The highest BCUT2D eigenvalue weighted by atomic mass is 19.1. The van der Waals surface area contributed by atoms with E-state index in [1.165, 1.54) is 18.2 Å². The third-order valence-electron chi connectivity index (χ3n) is 3.10. The van der Waals surface area contributed by atoms with E-state index in [1.54, 1.807) is 26.2 Å². The fraction of sp³-hybridized carbons (Fsp3) is 0.188. The summed E-state index contributed by atoms with van der Waals surface area (Å²) in [5, 5.41) is 0. The van der Waals surface area contributed by atoms with Gasteiger partial charge in [-0.15, -0.1) is 0 Å². The Morgan fingerprint density at radius 2 is 1.79 bits per heavy atom. The Morgan fingerprint density at radius 3 is 2.42 bits per heavy atom. The lowest BCUT2D eigenvalue weighted by molar-refractivity contribution is 0.103. The molecule has 0 aliphatic carbocycles. The van der Waals surface area contributed by atoms with Crippen LogP contribution >= 0.6 is 0 Å². The first kappa shape index (κ1) is 13.3. The van der Waals surface area contributed by atoms with Gasteiger partial charge in [-0.1, -0.05) is 12.1 Å². The summed E-state index contributed by atoms with van der Waals surface area (Å²) >= 11 is 0. The van der Waals surface area contributed by atoms with Gasteiger partial charge in [-0.3, -0.25) is 4.79 Å². The quantitative estimate of drug-likeness (QED) is 0.785. The van der Waals surface area contributed by atoms with Crippen molar-refractivity contribution in [2.75, 3.05) is 7.11 Å². The number of hydrogen-bond donors (Lipinski definition) is 0. The van der Waals surface area contributed by atoms with Crippen molar-refractivity contribution < 1.29 is 13.9 Å². The van der Waals surface area contributed by atoms with E-state index in [2.05, 4.69) is 0 Å². The molecule has 2 rings (SSSR count). The first-order valence-electron chi connectivity index (χ1n) is 5.98. The molecule has 0 spiro atoms. The van der Waals surface area contributed by atoms with E-state index in [-0.39, 0.29) is 11.6 Å². The molecule has 0 unspecified atom stereocenters. The van der Waals surface area contributed by atoms with Crippen molar-refractivity contribution in [3.63, 3.8) is 0 Å². The summed E-state index contributed by atoms with van der Waals surface area (Å²) in [5.74, 6) is 0.206. The zero-order chi connectivity index (χ0) is 14.0. The van der Waals surface area contributed by atoms with Crippen LogP contribution in [0, 0.1) is 19.7 Å². The standard InChI is InChI=1S/C16H15FO2/c1-10-4-5-12(9-15(10)19-3)16(18)14-7-6-13(17)8-11(14)2/h4-9H,1-3H3. The van der Waals surface area contributed by atoms with Gasteiger partial charge in [-0.05, 0) is 49.2 Å². The lowest BCUT2D eigenvalue weighted by Gasteiger charge is -2.08. The molecule has 0 aliphatic heterocycles.